The Morgan fingerprint density at radius 1 is 1.44 bits per heavy atom. The van der Waals surface area contributed by atoms with Gasteiger partial charge in [0.05, 0.1) is 5.75 Å². The molecule has 6 nitrogen and oxygen atoms in total. The van der Waals surface area contributed by atoms with Crippen LogP contribution in [0.4, 0.5) is 5.82 Å². The van der Waals surface area contributed by atoms with Crippen molar-refractivity contribution < 1.29 is 18.3 Å². The number of aryl methyl sites for hydroxylation is 2. The Balaban J connectivity index is 2.97. The second-order valence-electron chi connectivity index (χ2n) is 4.17. The van der Waals surface area contributed by atoms with Gasteiger partial charge < -0.3 is 10.4 Å². The Hall–Kier alpha value is -1.63. The van der Waals surface area contributed by atoms with E-state index in [1.54, 1.807) is 19.9 Å². The second-order valence-corrected chi connectivity index (χ2v) is 6.43. The molecule has 18 heavy (non-hydrogen) atoms. The van der Waals surface area contributed by atoms with Crippen LogP contribution >= 0.6 is 0 Å². The summed E-state index contributed by atoms with van der Waals surface area (Å²) in [6, 6.07) is 1.67. The fourth-order valence-electron chi connectivity index (χ4n) is 1.59. The molecular weight excluding hydrogens is 256 g/mol. The minimum atomic E-state index is -3.09. The first kappa shape index (κ1) is 14.4. The Morgan fingerprint density at radius 2 is 2.06 bits per heavy atom. The number of hydrogen-bond acceptors (Lipinski definition) is 5. The van der Waals surface area contributed by atoms with E-state index < -0.39 is 15.8 Å². The number of nitrogens with zero attached hydrogens (tertiary/aromatic N) is 1. The lowest BCUT2D eigenvalue weighted by Crippen LogP contribution is -2.17. The summed E-state index contributed by atoms with van der Waals surface area (Å²) in [5.41, 5.74) is 1.35. The van der Waals surface area contributed by atoms with Crippen molar-refractivity contribution in [2.45, 2.75) is 13.8 Å². The molecule has 0 aliphatic carbocycles. The molecule has 0 unspecified atom stereocenters. The van der Waals surface area contributed by atoms with Gasteiger partial charge in [-0.25, -0.2) is 18.2 Å². The average Bonchev–Trinajstić information content (AvgIpc) is 2.13. The summed E-state index contributed by atoms with van der Waals surface area (Å²) < 4.78 is 22.0. The van der Waals surface area contributed by atoms with E-state index in [2.05, 4.69) is 10.3 Å². The Kier molecular flexibility index (Phi) is 4.28. The van der Waals surface area contributed by atoms with Gasteiger partial charge in [-0.15, -0.1) is 0 Å². The third-order valence-corrected chi connectivity index (χ3v) is 3.27. The highest BCUT2D eigenvalue weighted by Gasteiger charge is 2.15. The van der Waals surface area contributed by atoms with E-state index in [0.717, 1.165) is 6.26 Å². The van der Waals surface area contributed by atoms with Gasteiger partial charge in [0.25, 0.3) is 0 Å². The SMILES string of the molecule is Cc1cc(C)c(C(=O)O)c(NCCS(C)(=O)=O)n1. The van der Waals surface area contributed by atoms with Crippen LogP contribution in [0, 0.1) is 13.8 Å². The smallest absolute Gasteiger partial charge is 0.339 e. The van der Waals surface area contributed by atoms with Crippen LogP contribution in [0.2, 0.25) is 0 Å². The van der Waals surface area contributed by atoms with E-state index in [0.29, 0.717) is 11.3 Å². The second kappa shape index (κ2) is 5.34. The van der Waals surface area contributed by atoms with Crippen LogP contribution in [0.15, 0.2) is 6.07 Å². The first-order chi connectivity index (χ1) is 8.20. The molecule has 0 aliphatic rings. The third kappa shape index (κ3) is 3.99. The van der Waals surface area contributed by atoms with Crippen molar-refractivity contribution in [3.8, 4) is 0 Å². The summed E-state index contributed by atoms with van der Waals surface area (Å²) in [6.45, 7) is 3.56. The number of carboxylic acid groups (broad SMARTS) is 1. The molecule has 0 saturated carbocycles. The molecule has 100 valence electrons. The number of sulfone groups is 1. The molecule has 1 aromatic heterocycles. The van der Waals surface area contributed by atoms with Crippen molar-refractivity contribution in [3.05, 3.63) is 22.9 Å². The van der Waals surface area contributed by atoms with E-state index in [1.807, 2.05) is 0 Å². The lowest BCUT2D eigenvalue weighted by Gasteiger charge is -2.11. The lowest BCUT2D eigenvalue weighted by atomic mass is 10.1. The highest BCUT2D eigenvalue weighted by molar-refractivity contribution is 7.90. The van der Waals surface area contributed by atoms with Crippen molar-refractivity contribution in [3.63, 3.8) is 0 Å². The Morgan fingerprint density at radius 3 is 2.56 bits per heavy atom. The molecule has 1 heterocycles. The quantitative estimate of drug-likeness (QED) is 0.825. The van der Waals surface area contributed by atoms with Gasteiger partial charge >= 0.3 is 5.97 Å². The Labute approximate surface area is 106 Å². The van der Waals surface area contributed by atoms with E-state index in [-0.39, 0.29) is 23.7 Å². The molecule has 7 heteroatoms. The van der Waals surface area contributed by atoms with Gasteiger partial charge in [-0.2, -0.15) is 0 Å². The van der Waals surface area contributed by atoms with Gasteiger partial charge in [0, 0.05) is 18.5 Å². The number of hydrogen-bond donors (Lipinski definition) is 2. The lowest BCUT2D eigenvalue weighted by molar-refractivity contribution is 0.0697. The van der Waals surface area contributed by atoms with Crippen LogP contribution in [0.3, 0.4) is 0 Å². The van der Waals surface area contributed by atoms with Crippen LogP contribution in [0.25, 0.3) is 0 Å². The fraction of sp³-hybridized carbons (Fsp3) is 0.455. The molecular formula is C11H16N2O4S. The zero-order chi connectivity index (χ0) is 13.9. The molecule has 0 spiro atoms. The molecule has 0 amide bonds. The largest absolute Gasteiger partial charge is 0.478 e. The van der Waals surface area contributed by atoms with Crippen LogP contribution in [-0.4, -0.2) is 43.0 Å². The van der Waals surface area contributed by atoms with Gasteiger partial charge in [-0.3, -0.25) is 0 Å². The van der Waals surface area contributed by atoms with Crippen molar-refractivity contribution in [1.29, 1.82) is 0 Å². The first-order valence-electron chi connectivity index (χ1n) is 5.34. The summed E-state index contributed by atoms with van der Waals surface area (Å²) in [6.07, 6.45) is 1.13. The minimum Gasteiger partial charge on any atom is -0.478 e. The number of aromatic carboxylic acids is 1. The van der Waals surface area contributed by atoms with Crippen molar-refractivity contribution in [1.82, 2.24) is 4.98 Å². The number of aromatic nitrogens is 1. The highest BCUT2D eigenvalue weighted by atomic mass is 32.2. The maximum atomic E-state index is 11.1. The summed E-state index contributed by atoms with van der Waals surface area (Å²) in [5, 5.41) is 11.9. The van der Waals surface area contributed by atoms with Crippen LogP contribution in [-0.2, 0) is 9.84 Å². The first-order valence-corrected chi connectivity index (χ1v) is 7.40. The number of pyridine rings is 1. The fourth-order valence-corrected chi connectivity index (χ4v) is 2.06. The average molecular weight is 272 g/mol. The molecule has 0 atom stereocenters. The molecule has 0 aromatic carbocycles. The minimum absolute atomic E-state index is 0.0687. The zero-order valence-corrected chi connectivity index (χ0v) is 11.3. The molecule has 0 radical (unpaired) electrons. The van der Waals surface area contributed by atoms with Crippen molar-refractivity contribution in [2.24, 2.45) is 0 Å². The van der Waals surface area contributed by atoms with Gasteiger partial charge in [-0.05, 0) is 25.5 Å². The van der Waals surface area contributed by atoms with Crippen LogP contribution in [0.5, 0.6) is 0 Å². The van der Waals surface area contributed by atoms with E-state index in [4.69, 9.17) is 5.11 Å². The third-order valence-electron chi connectivity index (χ3n) is 2.32. The molecule has 0 bridgehead atoms. The van der Waals surface area contributed by atoms with Gasteiger partial charge in [-0.1, -0.05) is 0 Å². The molecule has 1 aromatic rings. The van der Waals surface area contributed by atoms with Crippen LogP contribution in [0.1, 0.15) is 21.6 Å². The van der Waals surface area contributed by atoms with E-state index >= 15 is 0 Å². The summed E-state index contributed by atoms with van der Waals surface area (Å²) in [5.74, 6) is -0.939. The number of anilines is 1. The zero-order valence-electron chi connectivity index (χ0n) is 10.5. The van der Waals surface area contributed by atoms with E-state index in [1.165, 1.54) is 0 Å². The molecule has 0 saturated heterocycles. The standard InChI is InChI=1S/C11H16N2O4S/c1-7-6-8(2)13-10(9(7)11(14)15)12-4-5-18(3,16)17/h6H,4-5H2,1-3H3,(H,12,13)(H,14,15). The predicted molar refractivity (Wildman–Crippen MR) is 68.9 cm³/mol. The van der Waals surface area contributed by atoms with E-state index in [9.17, 15) is 13.2 Å². The normalized spacial score (nSPS) is 11.3. The van der Waals surface area contributed by atoms with Crippen molar-refractivity contribution >= 4 is 21.6 Å². The van der Waals surface area contributed by atoms with Gasteiger partial charge in [0.1, 0.15) is 21.2 Å². The molecule has 0 fully saturated rings. The summed E-state index contributed by atoms with van der Waals surface area (Å²) in [7, 11) is -3.09. The topological polar surface area (TPSA) is 96.4 Å². The van der Waals surface area contributed by atoms with Crippen molar-refractivity contribution in [2.75, 3.05) is 23.9 Å². The van der Waals surface area contributed by atoms with Gasteiger partial charge in [0.15, 0.2) is 0 Å². The van der Waals surface area contributed by atoms with Gasteiger partial charge in [0.2, 0.25) is 0 Å². The maximum absolute atomic E-state index is 11.1. The summed E-state index contributed by atoms with van der Waals surface area (Å²) in [4.78, 5) is 15.2. The Bertz CT molecular complexity index is 567. The molecule has 1 rings (SSSR count). The monoisotopic (exact) mass is 272 g/mol. The molecule has 0 aliphatic heterocycles. The number of rotatable bonds is 5. The number of carboxylic acids is 1. The highest BCUT2D eigenvalue weighted by Crippen LogP contribution is 2.18. The van der Waals surface area contributed by atoms with Crippen LogP contribution < -0.4 is 5.32 Å². The summed E-state index contributed by atoms with van der Waals surface area (Å²) >= 11 is 0. The molecule has 2 N–H and O–H groups in total. The predicted octanol–water partition coefficient (Wildman–Crippen LogP) is 0.853. The number of nitrogens with one attached hydrogen (secondary N) is 1. The maximum Gasteiger partial charge on any atom is 0.339 e. The number of carbonyl (C=O) groups is 1.